The third-order valence-electron chi connectivity index (χ3n) is 3.40. The van der Waals surface area contributed by atoms with Crippen LogP contribution in [0, 0.1) is 0 Å². The summed E-state index contributed by atoms with van der Waals surface area (Å²) in [5.74, 6) is 0. The second-order valence-electron chi connectivity index (χ2n) is 4.58. The minimum Gasteiger partial charge on any atom is -0.423 e. The number of para-hydroxylation sites is 2. The number of fused-ring (bicyclic) bond motifs is 1. The zero-order chi connectivity index (χ0) is 11.7. The van der Waals surface area contributed by atoms with Crippen molar-refractivity contribution in [3.05, 3.63) is 24.3 Å². The summed E-state index contributed by atoms with van der Waals surface area (Å²) in [5, 5.41) is 3.41. The maximum absolute atomic E-state index is 5.77. The van der Waals surface area contributed by atoms with Crippen molar-refractivity contribution >= 4 is 17.1 Å². The lowest BCUT2D eigenvalue weighted by Gasteiger charge is -2.30. The number of piperidine rings is 1. The molecular formula is C13H17N3O. The highest BCUT2D eigenvalue weighted by Gasteiger charge is 2.21. The summed E-state index contributed by atoms with van der Waals surface area (Å²) in [4.78, 5) is 6.66. The molecule has 1 fully saturated rings. The normalized spacial score (nSPS) is 20.6. The monoisotopic (exact) mass is 231 g/mol. The Labute approximate surface area is 101 Å². The van der Waals surface area contributed by atoms with E-state index in [-0.39, 0.29) is 0 Å². The van der Waals surface area contributed by atoms with E-state index in [1.165, 1.54) is 12.8 Å². The van der Waals surface area contributed by atoms with Gasteiger partial charge in [-0.1, -0.05) is 12.1 Å². The number of likely N-dealkylation sites (N-methyl/N-ethyl adjacent to an activating group) is 1. The van der Waals surface area contributed by atoms with E-state index in [0.29, 0.717) is 6.04 Å². The van der Waals surface area contributed by atoms with Gasteiger partial charge in [-0.3, -0.25) is 0 Å². The van der Waals surface area contributed by atoms with Crippen molar-refractivity contribution < 1.29 is 4.42 Å². The van der Waals surface area contributed by atoms with Gasteiger partial charge in [0.05, 0.1) is 0 Å². The Kier molecular flexibility index (Phi) is 2.73. The molecule has 1 N–H and O–H groups in total. The van der Waals surface area contributed by atoms with Gasteiger partial charge in [0.1, 0.15) is 5.52 Å². The lowest BCUT2D eigenvalue weighted by atomic mass is 10.1. The molecule has 0 bridgehead atoms. The molecule has 0 radical (unpaired) electrons. The van der Waals surface area contributed by atoms with Gasteiger partial charge < -0.3 is 14.6 Å². The van der Waals surface area contributed by atoms with Gasteiger partial charge in [0.2, 0.25) is 0 Å². The minimum atomic E-state index is 0.483. The van der Waals surface area contributed by atoms with Crippen molar-refractivity contribution in [3.63, 3.8) is 0 Å². The van der Waals surface area contributed by atoms with Gasteiger partial charge in [-0.15, -0.1) is 0 Å². The average Bonchev–Trinajstić information content (AvgIpc) is 2.82. The van der Waals surface area contributed by atoms with Gasteiger partial charge in [0.15, 0.2) is 5.58 Å². The largest absolute Gasteiger partial charge is 0.423 e. The highest BCUT2D eigenvalue weighted by atomic mass is 16.4. The molecule has 1 atom stereocenters. The number of nitrogens with one attached hydrogen (secondary N) is 1. The summed E-state index contributed by atoms with van der Waals surface area (Å²) in [6, 6.07) is 9.10. The molecule has 2 aromatic rings. The number of rotatable bonds is 2. The molecule has 0 spiro atoms. The van der Waals surface area contributed by atoms with Crippen LogP contribution in [0.3, 0.4) is 0 Å². The van der Waals surface area contributed by atoms with Gasteiger partial charge in [-0.05, 0) is 31.5 Å². The van der Waals surface area contributed by atoms with E-state index in [4.69, 9.17) is 4.42 Å². The predicted molar refractivity (Wildman–Crippen MR) is 68.3 cm³/mol. The molecule has 0 aliphatic carbocycles. The van der Waals surface area contributed by atoms with Gasteiger partial charge in [-0.2, -0.15) is 4.98 Å². The zero-order valence-electron chi connectivity index (χ0n) is 10.0. The Balaban J connectivity index is 1.86. The van der Waals surface area contributed by atoms with Crippen LogP contribution in [0.2, 0.25) is 0 Å². The van der Waals surface area contributed by atoms with E-state index in [9.17, 15) is 0 Å². The predicted octanol–water partition coefficient (Wildman–Crippen LogP) is 2.02. The van der Waals surface area contributed by atoms with E-state index in [1.807, 2.05) is 24.3 Å². The van der Waals surface area contributed by atoms with Crippen molar-refractivity contribution in [1.29, 1.82) is 0 Å². The molecular weight excluding hydrogens is 214 g/mol. The molecule has 90 valence electrons. The highest BCUT2D eigenvalue weighted by molar-refractivity contribution is 5.74. The number of anilines is 1. The smallest absolute Gasteiger partial charge is 0.298 e. The Hall–Kier alpha value is -1.55. The zero-order valence-corrected chi connectivity index (χ0v) is 10.0. The first kappa shape index (κ1) is 10.6. The molecule has 1 aromatic heterocycles. The van der Waals surface area contributed by atoms with Crippen LogP contribution < -0.4 is 10.2 Å². The van der Waals surface area contributed by atoms with Crippen molar-refractivity contribution in [3.8, 4) is 0 Å². The number of aromatic nitrogens is 1. The Morgan fingerprint density at radius 1 is 1.41 bits per heavy atom. The van der Waals surface area contributed by atoms with Gasteiger partial charge >= 0.3 is 0 Å². The van der Waals surface area contributed by atoms with Gasteiger partial charge in [0, 0.05) is 19.6 Å². The topological polar surface area (TPSA) is 41.3 Å². The van der Waals surface area contributed by atoms with Gasteiger partial charge in [-0.25, -0.2) is 0 Å². The van der Waals surface area contributed by atoms with Crippen LogP contribution in [-0.4, -0.2) is 31.2 Å². The van der Waals surface area contributed by atoms with E-state index in [2.05, 4.69) is 22.2 Å². The van der Waals surface area contributed by atoms with Crippen LogP contribution in [0.5, 0.6) is 0 Å². The third kappa shape index (κ3) is 2.00. The number of benzene rings is 1. The molecule has 17 heavy (non-hydrogen) atoms. The summed E-state index contributed by atoms with van der Waals surface area (Å²) in [5.41, 5.74) is 1.79. The fourth-order valence-corrected chi connectivity index (χ4v) is 2.33. The van der Waals surface area contributed by atoms with E-state index < -0.39 is 0 Å². The van der Waals surface area contributed by atoms with E-state index in [1.54, 1.807) is 0 Å². The number of oxazole rings is 1. The number of hydrogen-bond acceptors (Lipinski definition) is 4. The molecule has 2 heterocycles. The first-order valence-corrected chi connectivity index (χ1v) is 6.14. The molecule has 1 aromatic carbocycles. The molecule has 0 saturated carbocycles. The molecule has 4 heteroatoms. The molecule has 1 saturated heterocycles. The standard InChI is InChI=1S/C13H17N3O/c1-16(10-5-4-8-14-9-10)13-15-11-6-2-3-7-12(11)17-13/h2-3,6-7,10,14H,4-5,8-9H2,1H3. The first-order valence-electron chi connectivity index (χ1n) is 6.14. The Morgan fingerprint density at radius 2 is 2.29 bits per heavy atom. The van der Waals surface area contributed by atoms with Crippen molar-refractivity contribution in [2.75, 3.05) is 25.0 Å². The first-order chi connectivity index (χ1) is 8.34. The summed E-state index contributed by atoms with van der Waals surface area (Å²) < 4.78 is 5.77. The fourth-order valence-electron chi connectivity index (χ4n) is 2.33. The van der Waals surface area contributed by atoms with Crippen LogP contribution >= 0.6 is 0 Å². The summed E-state index contributed by atoms with van der Waals surface area (Å²) >= 11 is 0. The van der Waals surface area contributed by atoms with Gasteiger partial charge in [0.25, 0.3) is 6.01 Å². The van der Waals surface area contributed by atoms with Crippen LogP contribution in [-0.2, 0) is 0 Å². The molecule has 0 amide bonds. The lowest BCUT2D eigenvalue weighted by molar-refractivity contribution is 0.425. The Bertz CT molecular complexity index is 469. The summed E-state index contributed by atoms with van der Waals surface area (Å²) in [7, 11) is 2.06. The second-order valence-corrected chi connectivity index (χ2v) is 4.58. The SMILES string of the molecule is CN(c1nc2ccccc2o1)C1CCCNC1. The van der Waals surface area contributed by atoms with Crippen LogP contribution in [0.1, 0.15) is 12.8 Å². The van der Waals surface area contributed by atoms with E-state index >= 15 is 0 Å². The second kappa shape index (κ2) is 4.37. The lowest BCUT2D eigenvalue weighted by Crippen LogP contribution is -2.44. The molecule has 1 aliphatic rings. The number of nitrogens with zero attached hydrogens (tertiary/aromatic N) is 2. The maximum atomic E-state index is 5.77. The maximum Gasteiger partial charge on any atom is 0.298 e. The Morgan fingerprint density at radius 3 is 3.06 bits per heavy atom. The highest BCUT2D eigenvalue weighted by Crippen LogP contribution is 2.23. The quantitative estimate of drug-likeness (QED) is 0.858. The molecule has 3 rings (SSSR count). The summed E-state index contributed by atoms with van der Waals surface area (Å²) in [6.07, 6.45) is 2.41. The third-order valence-corrected chi connectivity index (χ3v) is 3.40. The van der Waals surface area contributed by atoms with Crippen LogP contribution in [0.25, 0.3) is 11.1 Å². The minimum absolute atomic E-state index is 0.483. The van der Waals surface area contributed by atoms with Crippen LogP contribution in [0.4, 0.5) is 6.01 Å². The number of hydrogen-bond donors (Lipinski definition) is 1. The molecule has 4 nitrogen and oxygen atoms in total. The molecule has 1 unspecified atom stereocenters. The molecule has 1 aliphatic heterocycles. The van der Waals surface area contributed by atoms with Crippen molar-refractivity contribution in [2.24, 2.45) is 0 Å². The fraction of sp³-hybridized carbons (Fsp3) is 0.462. The summed E-state index contributed by atoms with van der Waals surface area (Å²) in [6.45, 7) is 2.13. The van der Waals surface area contributed by atoms with Crippen molar-refractivity contribution in [1.82, 2.24) is 10.3 Å². The van der Waals surface area contributed by atoms with E-state index in [0.717, 1.165) is 30.2 Å². The van der Waals surface area contributed by atoms with Crippen molar-refractivity contribution in [2.45, 2.75) is 18.9 Å². The average molecular weight is 231 g/mol. The van der Waals surface area contributed by atoms with Crippen LogP contribution in [0.15, 0.2) is 28.7 Å².